The molecule has 4 aromatic rings. The molecule has 0 bridgehead atoms. The molecule has 8 nitrogen and oxygen atoms in total. The van der Waals surface area contributed by atoms with Crippen LogP contribution in [0.5, 0.6) is 5.75 Å². The highest BCUT2D eigenvalue weighted by atomic mass is 32.1. The number of aliphatic hydroxyl groups is 1. The molecule has 1 N–H and O–H groups in total. The number of ketones is 1. The SMILES string of the molecule is Cc1nnc(N2C(=O)C(=O)C(=C(O)c3ccncc3)[C@@H]2c2ccc(OCc3ccccc3)cc2)s1. The first-order valence-electron chi connectivity index (χ1n) is 10.8. The Morgan fingerprint density at radius 2 is 1.71 bits per heavy atom. The Morgan fingerprint density at radius 1 is 1.00 bits per heavy atom. The van der Waals surface area contributed by atoms with E-state index in [-0.39, 0.29) is 16.5 Å². The molecular weight excluding hydrogens is 464 g/mol. The Hall–Kier alpha value is -4.37. The first-order valence-corrected chi connectivity index (χ1v) is 11.6. The summed E-state index contributed by atoms with van der Waals surface area (Å²) in [6.45, 7) is 2.17. The van der Waals surface area contributed by atoms with Gasteiger partial charge in [-0.2, -0.15) is 0 Å². The molecule has 1 saturated heterocycles. The summed E-state index contributed by atoms with van der Waals surface area (Å²) >= 11 is 1.20. The number of carbonyl (C=O) groups is 2. The van der Waals surface area contributed by atoms with Crippen molar-refractivity contribution in [3.05, 3.63) is 106 Å². The van der Waals surface area contributed by atoms with Gasteiger partial charge in [-0.1, -0.05) is 53.8 Å². The van der Waals surface area contributed by atoms with Crippen LogP contribution < -0.4 is 9.64 Å². The Labute approximate surface area is 205 Å². The van der Waals surface area contributed by atoms with E-state index in [0.29, 0.717) is 28.5 Å². The average molecular weight is 485 g/mol. The van der Waals surface area contributed by atoms with Crippen LogP contribution in [0.1, 0.15) is 27.7 Å². The minimum atomic E-state index is -0.876. The van der Waals surface area contributed by atoms with Gasteiger partial charge in [0.1, 0.15) is 23.1 Å². The van der Waals surface area contributed by atoms with E-state index < -0.39 is 17.7 Å². The molecule has 1 aliphatic heterocycles. The van der Waals surface area contributed by atoms with Crippen molar-refractivity contribution in [3.63, 3.8) is 0 Å². The molecule has 0 saturated carbocycles. The van der Waals surface area contributed by atoms with Gasteiger partial charge in [0.15, 0.2) is 0 Å². The second-order valence-corrected chi connectivity index (χ2v) is 9.01. The van der Waals surface area contributed by atoms with Crippen molar-refractivity contribution in [3.8, 4) is 5.75 Å². The molecule has 9 heteroatoms. The topological polar surface area (TPSA) is 106 Å². The Morgan fingerprint density at radius 3 is 2.37 bits per heavy atom. The average Bonchev–Trinajstić information content (AvgIpc) is 3.44. The van der Waals surface area contributed by atoms with Crippen molar-refractivity contribution in [2.45, 2.75) is 19.6 Å². The van der Waals surface area contributed by atoms with E-state index in [9.17, 15) is 14.7 Å². The van der Waals surface area contributed by atoms with Crippen molar-refractivity contribution in [1.82, 2.24) is 15.2 Å². The van der Waals surface area contributed by atoms with Crippen LogP contribution in [0.4, 0.5) is 5.13 Å². The van der Waals surface area contributed by atoms with E-state index in [1.807, 2.05) is 30.3 Å². The van der Waals surface area contributed by atoms with Gasteiger partial charge in [0, 0.05) is 18.0 Å². The van der Waals surface area contributed by atoms with Gasteiger partial charge < -0.3 is 9.84 Å². The van der Waals surface area contributed by atoms with Crippen molar-refractivity contribution in [2.24, 2.45) is 0 Å². The van der Waals surface area contributed by atoms with Crippen LogP contribution in [0.2, 0.25) is 0 Å². The Balaban J connectivity index is 1.54. The molecule has 2 aromatic carbocycles. The van der Waals surface area contributed by atoms with Crippen LogP contribution in [0.25, 0.3) is 5.76 Å². The molecule has 35 heavy (non-hydrogen) atoms. The molecule has 0 unspecified atom stereocenters. The van der Waals surface area contributed by atoms with Gasteiger partial charge in [-0.25, -0.2) is 0 Å². The fourth-order valence-electron chi connectivity index (χ4n) is 3.88. The molecule has 0 radical (unpaired) electrons. The number of amides is 1. The molecule has 0 spiro atoms. The van der Waals surface area contributed by atoms with Crippen LogP contribution in [0.15, 0.2) is 84.7 Å². The molecule has 2 aromatic heterocycles. The van der Waals surface area contributed by atoms with Gasteiger partial charge in [-0.05, 0) is 42.3 Å². The summed E-state index contributed by atoms with van der Waals surface area (Å²) in [6.07, 6.45) is 3.01. The lowest BCUT2D eigenvalue weighted by Crippen LogP contribution is -2.29. The normalized spacial score (nSPS) is 17.1. The number of Topliss-reactive ketones (excluding diaryl/α,β-unsaturated/α-hetero) is 1. The maximum atomic E-state index is 13.1. The zero-order valence-electron chi connectivity index (χ0n) is 18.7. The van der Waals surface area contributed by atoms with Gasteiger partial charge in [0.2, 0.25) is 5.13 Å². The third-order valence-corrected chi connectivity index (χ3v) is 6.40. The van der Waals surface area contributed by atoms with Crippen molar-refractivity contribution in [2.75, 3.05) is 4.90 Å². The summed E-state index contributed by atoms with van der Waals surface area (Å²) in [5.41, 5.74) is 2.03. The summed E-state index contributed by atoms with van der Waals surface area (Å²) in [7, 11) is 0. The number of hydrogen-bond donors (Lipinski definition) is 1. The van der Waals surface area contributed by atoms with E-state index in [4.69, 9.17) is 4.74 Å². The van der Waals surface area contributed by atoms with Crippen molar-refractivity contribution >= 4 is 33.9 Å². The monoisotopic (exact) mass is 484 g/mol. The van der Waals surface area contributed by atoms with E-state index in [0.717, 1.165) is 5.56 Å². The van der Waals surface area contributed by atoms with Gasteiger partial charge in [0.05, 0.1) is 11.6 Å². The molecule has 3 heterocycles. The quantitative estimate of drug-likeness (QED) is 0.245. The standard InChI is InChI=1S/C26H20N4O4S/c1-16-28-29-26(35-16)30-22(21(24(32)25(30)33)23(31)19-11-13-27-14-12-19)18-7-9-20(10-8-18)34-15-17-5-3-2-4-6-17/h2-14,22,31H,15H2,1H3/t22-/m0/s1. The predicted molar refractivity (Wildman–Crippen MR) is 131 cm³/mol. The van der Waals surface area contributed by atoms with Crippen LogP contribution in [0, 0.1) is 6.92 Å². The maximum absolute atomic E-state index is 13.1. The predicted octanol–water partition coefficient (Wildman–Crippen LogP) is 4.45. The number of nitrogens with zero attached hydrogens (tertiary/aromatic N) is 4. The van der Waals surface area contributed by atoms with E-state index >= 15 is 0 Å². The third kappa shape index (κ3) is 4.41. The summed E-state index contributed by atoms with van der Waals surface area (Å²) < 4.78 is 5.87. The molecule has 1 fully saturated rings. The van der Waals surface area contributed by atoms with Gasteiger partial charge in [-0.3, -0.25) is 19.5 Å². The van der Waals surface area contributed by atoms with Crippen LogP contribution in [0.3, 0.4) is 0 Å². The lowest BCUT2D eigenvalue weighted by molar-refractivity contribution is -0.132. The highest BCUT2D eigenvalue weighted by Crippen LogP contribution is 2.43. The van der Waals surface area contributed by atoms with E-state index in [2.05, 4.69) is 15.2 Å². The fraction of sp³-hybridized carbons (Fsp3) is 0.115. The minimum Gasteiger partial charge on any atom is -0.507 e. The number of aryl methyl sites for hydroxylation is 1. The van der Waals surface area contributed by atoms with E-state index in [1.54, 1.807) is 43.3 Å². The number of ether oxygens (including phenoxy) is 1. The van der Waals surface area contributed by atoms with Crippen LogP contribution in [-0.4, -0.2) is 32.0 Å². The summed E-state index contributed by atoms with van der Waals surface area (Å²) in [4.78, 5) is 31.5. The number of rotatable bonds is 6. The zero-order chi connectivity index (χ0) is 24.4. The van der Waals surface area contributed by atoms with Crippen molar-refractivity contribution in [1.29, 1.82) is 0 Å². The fourth-order valence-corrected chi connectivity index (χ4v) is 4.60. The smallest absolute Gasteiger partial charge is 0.301 e. The lowest BCUT2D eigenvalue weighted by Gasteiger charge is -2.22. The highest BCUT2D eigenvalue weighted by Gasteiger charge is 2.48. The second-order valence-electron chi connectivity index (χ2n) is 7.85. The summed E-state index contributed by atoms with van der Waals surface area (Å²) in [6, 6.07) is 19.2. The number of pyridine rings is 1. The number of benzene rings is 2. The largest absolute Gasteiger partial charge is 0.507 e. The summed E-state index contributed by atoms with van der Waals surface area (Å²) in [5, 5.41) is 20.1. The first kappa shape index (κ1) is 22.4. The molecule has 1 aliphatic rings. The highest BCUT2D eigenvalue weighted by molar-refractivity contribution is 7.15. The number of carbonyl (C=O) groups excluding carboxylic acids is 2. The van der Waals surface area contributed by atoms with Gasteiger partial charge >= 0.3 is 5.91 Å². The zero-order valence-corrected chi connectivity index (χ0v) is 19.5. The van der Waals surface area contributed by atoms with E-state index in [1.165, 1.54) is 28.6 Å². The van der Waals surface area contributed by atoms with Gasteiger partial charge in [-0.15, -0.1) is 10.2 Å². The van der Waals surface area contributed by atoms with Gasteiger partial charge in [0.25, 0.3) is 5.78 Å². The summed E-state index contributed by atoms with van der Waals surface area (Å²) in [5.74, 6) is -1.20. The lowest BCUT2D eigenvalue weighted by atomic mass is 9.95. The van der Waals surface area contributed by atoms with Crippen LogP contribution in [-0.2, 0) is 16.2 Å². The molecule has 174 valence electrons. The van der Waals surface area contributed by atoms with Crippen LogP contribution >= 0.6 is 11.3 Å². The minimum absolute atomic E-state index is 0.0213. The molecule has 5 rings (SSSR count). The van der Waals surface area contributed by atoms with Crippen molar-refractivity contribution < 1.29 is 19.4 Å². The number of anilines is 1. The number of hydrogen-bond acceptors (Lipinski definition) is 8. The Bertz CT molecular complexity index is 1400. The molecule has 1 amide bonds. The number of aromatic nitrogens is 3. The maximum Gasteiger partial charge on any atom is 0.301 e. The Kier molecular flexibility index (Phi) is 6.07. The molecule has 1 atom stereocenters. The number of aliphatic hydroxyl groups excluding tert-OH is 1. The molecular formula is C26H20N4O4S. The molecule has 0 aliphatic carbocycles. The second kappa shape index (κ2) is 9.47. The first-order chi connectivity index (χ1) is 17.0. The third-order valence-electron chi connectivity index (χ3n) is 5.56.